The molecule has 2 heterocycles. The highest BCUT2D eigenvalue weighted by molar-refractivity contribution is 5.99. The van der Waals surface area contributed by atoms with Crippen molar-refractivity contribution in [3.8, 4) is 22.6 Å². The van der Waals surface area contributed by atoms with E-state index in [4.69, 9.17) is 9.97 Å². The third kappa shape index (κ3) is 4.94. The summed E-state index contributed by atoms with van der Waals surface area (Å²) in [6.07, 6.45) is 10.2. The number of para-hydroxylation sites is 1. The molecule has 2 aromatic carbocycles. The molecule has 0 bridgehead atoms. The molecule has 6 heteroatoms. The van der Waals surface area contributed by atoms with E-state index in [9.17, 15) is 4.79 Å². The zero-order chi connectivity index (χ0) is 30.4. The van der Waals surface area contributed by atoms with Gasteiger partial charge in [0.05, 0.1) is 11.4 Å². The first kappa shape index (κ1) is 28.6. The molecule has 0 amide bonds. The first-order valence-electron chi connectivity index (χ1n) is 16.0. The van der Waals surface area contributed by atoms with Crippen LogP contribution < -0.4 is 4.90 Å². The van der Waals surface area contributed by atoms with Gasteiger partial charge in [-0.3, -0.25) is 9.78 Å². The van der Waals surface area contributed by atoms with Crippen LogP contribution >= 0.6 is 0 Å². The van der Waals surface area contributed by atoms with E-state index < -0.39 is 0 Å². The maximum absolute atomic E-state index is 15.5. The number of carbonyl (C=O) groups excluding carboxylic acids is 1. The summed E-state index contributed by atoms with van der Waals surface area (Å²) < 4.78 is 15.5. The SMILES string of the molecule is CCC[C@@]12C/C(=C/N(C)c3ccccc3)C(=O)[C@H](C)[C@H]1CCc1c(-c3ccccc3F)nc(-c3ccnc(C4CC4)c3)nc12. The van der Waals surface area contributed by atoms with Crippen molar-refractivity contribution in [3.05, 3.63) is 107 Å². The Kier molecular flexibility index (Phi) is 7.39. The molecular weight excluding hydrogens is 547 g/mol. The monoisotopic (exact) mass is 586 g/mol. The number of anilines is 1. The summed E-state index contributed by atoms with van der Waals surface area (Å²) in [4.78, 5) is 31.2. The number of halogens is 1. The fraction of sp³-hybridized carbons (Fsp3) is 0.368. The zero-order valence-corrected chi connectivity index (χ0v) is 25.8. The average Bonchev–Trinajstić information content (AvgIpc) is 3.90. The molecule has 3 aliphatic rings. The average molecular weight is 587 g/mol. The van der Waals surface area contributed by atoms with Crippen molar-refractivity contribution in [2.75, 3.05) is 11.9 Å². The Morgan fingerprint density at radius 3 is 2.55 bits per heavy atom. The molecule has 2 aromatic heterocycles. The normalized spacial score (nSPS) is 23.7. The van der Waals surface area contributed by atoms with Crippen molar-refractivity contribution in [3.63, 3.8) is 0 Å². The molecule has 3 aliphatic carbocycles. The molecule has 0 spiro atoms. The summed E-state index contributed by atoms with van der Waals surface area (Å²) in [7, 11) is 2.01. The number of aromatic nitrogens is 3. The Morgan fingerprint density at radius 2 is 1.80 bits per heavy atom. The highest BCUT2D eigenvalue weighted by atomic mass is 19.1. The van der Waals surface area contributed by atoms with Gasteiger partial charge in [0.2, 0.25) is 0 Å². The van der Waals surface area contributed by atoms with Crippen molar-refractivity contribution in [1.82, 2.24) is 15.0 Å². The molecule has 7 rings (SSSR count). The molecular formula is C38H39FN4O. The van der Waals surface area contributed by atoms with Crippen LogP contribution in [-0.4, -0.2) is 27.8 Å². The number of carbonyl (C=O) groups is 1. The number of rotatable bonds is 7. The lowest BCUT2D eigenvalue weighted by atomic mass is 9.52. The molecule has 4 aromatic rings. The van der Waals surface area contributed by atoms with Crippen LogP contribution in [0.3, 0.4) is 0 Å². The van der Waals surface area contributed by atoms with E-state index in [1.165, 1.54) is 6.07 Å². The van der Waals surface area contributed by atoms with E-state index in [2.05, 4.69) is 41.9 Å². The fourth-order valence-electron chi connectivity index (χ4n) is 7.84. The van der Waals surface area contributed by atoms with Crippen LogP contribution in [0.15, 0.2) is 84.7 Å². The quantitative estimate of drug-likeness (QED) is 0.203. The van der Waals surface area contributed by atoms with E-state index in [1.807, 2.05) is 55.8 Å². The Labute approximate surface area is 259 Å². The molecule has 0 radical (unpaired) electrons. The fourth-order valence-corrected chi connectivity index (χ4v) is 7.84. The topological polar surface area (TPSA) is 59.0 Å². The molecule has 44 heavy (non-hydrogen) atoms. The Hall–Kier alpha value is -4.19. The third-order valence-corrected chi connectivity index (χ3v) is 10.1. The first-order valence-corrected chi connectivity index (χ1v) is 16.0. The van der Waals surface area contributed by atoms with Crippen molar-refractivity contribution in [1.29, 1.82) is 0 Å². The number of benzene rings is 2. The number of fused-ring (bicyclic) bond motifs is 3. The van der Waals surface area contributed by atoms with Crippen LogP contribution in [0, 0.1) is 17.7 Å². The van der Waals surface area contributed by atoms with E-state index >= 15 is 4.39 Å². The second-order valence-corrected chi connectivity index (χ2v) is 12.9. The van der Waals surface area contributed by atoms with Crippen molar-refractivity contribution >= 4 is 11.5 Å². The molecule has 2 saturated carbocycles. The minimum Gasteiger partial charge on any atom is -0.351 e. The maximum atomic E-state index is 15.5. The predicted octanol–water partition coefficient (Wildman–Crippen LogP) is 8.45. The molecule has 0 saturated heterocycles. The number of allylic oxidation sites excluding steroid dienone is 1. The second kappa shape index (κ2) is 11.4. The molecule has 0 unspecified atom stereocenters. The largest absolute Gasteiger partial charge is 0.351 e. The molecule has 2 fully saturated rings. The van der Waals surface area contributed by atoms with Gasteiger partial charge in [-0.25, -0.2) is 14.4 Å². The smallest absolute Gasteiger partial charge is 0.163 e. The molecule has 5 nitrogen and oxygen atoms in total. The van der Waals surface area contributed by atoms with Crippen molar-refractivity contribution in [2.45, 2.75) is 70.1 Å². The van der Waals surface area contributed by atoms with Crippen molar-refractivity contribution < 1.29 is 9.18 Å². The number of nitrogens with zero attached hydrogens (tertiary/aromatic N) is 4. The Morgan fingerprint density at radius 1 is 1.02 bits per heavy atom. The van der Waals surface area contributed by atoms with Crippen LogP contribution in [0.4, 0.5) is 10.1 Å². The van der Waals surface area contributed by atoms with Gasteiger partial charge in [0, 0.05) is 70.3 Å². The molecule has 3 atom stereocenters. The van der Waals surface area contributed by atoms with E-state index in [-0.39, 0.29) is 28.9 Å². The highest BCUT2D eigenvalue weighted by Crippen LogP contribution is 2.56. The van der Waals surface area contributed by atoms with Gasteiger partial charge < -0.3 is 4.90 Å². The summed E-state index contributed by atoms with van der Waals surface area (Å²) in [6, 6.07) is 21.2. The van der Waals surface area contributed by atoms with Crippen LogP contribution in [0.2, 0.25) is 0 Å². The minimum atomic E-state index is -0.358. The maximum Gasteiger partial charge on any atom is 0.163 e. The summed E-state index contributed by atoms with van der Waals surface area (Å²) in [5, 5.41) is 0. The minimum absolute atomic E-state index is 0.142. The standard InChI is InChI=1S/C38H39FN4O/c1-4-19-38-22-27(23-43(3)28-10-6-5-7-11-28)35(44)24(2)31(38)17-16-30-34(29-12-8-9-13-32(29)39)41-37(42-36(30)38)26-18-20-40-33(21-26)25-14-15-25/h5-13,18,20-21,23-25,31H,4,14-17,19,22H2,1-3H3/b27-23-/t24-,31-,38-/m1/s1. The summed E-state index contributed by atoms with van der Waals surface area (Å²) >= 11 is 0. The Balaban J connectivity index is 1.43. The number of Topliss-reactive ketones (excluding diaryl/α,β-unsaturated/α-hetero) is 1. The van der Waals surface area contributed by atoms with E-state index in [0.29, 0.717) is 29.4 Å². The molecule has 224 valence electrons. The van der Waals surface area contributed by atoms with Crippen LogP contribution in [0.25, 0.3) is 22.6 Å². The van der Waals surface area contributed by atoms with E-state index in [0.717, 1.165) is 72.3 Å². The van der Waals surface area contributed by atoms with Gasteiger partial charge in [-0.05, 0) is 80.8 Å². The number of ketones is 1. The second-order valence-electron chi connectivity index (χ2n) is 12.9. The van der Waals surface area contributed by atoms with Gasteiger partial charge in [-0.15, -0.1) is 0 Å². The summed E-state index contributed by atoms with van der Waals surface area (Å²) in [5.74, 6) is 1.05. The summed E-state index contributed by atoms with van der Waals surface area (Å²) in [5.41, 5.74) is 6.70. The number of hydrogen-bond donors (Lipinski definition) is 0. The zero-order valence-electron chi connectivity index (χ0n) is 25.8. The lowest BCUT2D eigenvalue weighted by Crippen LogP contribution is -2.50. The van der Waals surface area contributed by atoms with Gasteiger partial charge in [0.1, 0.15) is 5.82 Å². The van der Waals surface area contributed by atoms with Gasteiger partial charge in [0.15, 0.2) is 11.6 Å². The van der Waals surface area contributed by atoms with Crippen molar-refractivity contribution in [2.24, 2.45) is 11.8 Å². The van der Waals surface area contributed by atoms with Crippen LogP contribution in [0.1, 0.15) is 75.2 Å². The van der Waals surface area contributed by atoms with Gasteiger partial charge in [0.25, 0.3) is 0 Å². The van der Waals surface area contributed by atoms with E-state index in [1.54, 1.807) is 6.07 Å². The first-order chi connectivity index (χ1) is 21.4. The Bertz CT molecular complexity index is 1750. The lowest BCUT2D eigenvalue weighted by molar-refractivity contribution is -0.124. The van der Waals surface area contributed by atoms with Gasteiger partial charge in [-0.1, -0.05) is 50.6 Å². The van der Waals surface area contributed by atoms with Gasteiger partial charge in [-0.2, -0.15) is 0 Å². The van der Waals surface area contributed by atoms with Crippen LogP contribution in [0.5, 0.6) is 0 Å². The lowest BCUT2D eigenvalue weighted by Gasteiger charge is -2.51. The summed E-state index contributed by atoms with van der Waals surface area (Å²) in [6.45, 7) is 4.31. The highest BCUT2D eigenvalue weighted by Gasteiger charge is 2.53. The van der Waals surface area contributed by atoms with Gasteiger partial charge >= 0.3 is 0 Å². The molecule has 0 N–H and O–H groups in total. The molecule has 0 aliphatic heterocycles. The predicted molar refractivity (Wildman–Crippen MR) is 173 cm³/mol. The number of pyridine rings is 1. The third-order valence-electron chi connectivity index (χ3n) is 10.1. The van der Waals surface area contributed by atoms with Crippen LogP contribution in [-0.2, 0) is 16.6 Å². The number of hydrogen-bond acceptors (Lipinski definition) is 5.